The van der Waals surface area contributed by atoms with Gasteiger partial charge in [-0.1, -0.05) is 109 Å². The third-order valence-corrected chi connectivity index (χ3v) is 7.66. The van der Waals surface area contributed by atoms with Gasteiger partial charge in [0, 0.05) is 56.8 Å². The second kappa shape index (κ2) is 8.93. The van der Waals surface area contributed by atoms with E-state index in [0.29, 0.717) is 0 Å². The summed E-state index contributed by atoms with van der Waals surface area (Å²) in [4.78, 5) is 0. The zero-order valence-corrected chi connectivity index (χ0v) is 21.3. The van der Waals surface area contributed by atoms with E-state index in [1.165, 1.54) is 65.9 Å². The maximum absolute atomic E-state index is 4.14. The van der Waals surface area contributed by atoms with Crippen LogP contribution >= 0.6 is 0 Å². The van der Waals surface area contributed by atoms with Crippen LogP contribution in [-0.2, 0) is 13.1 Å². The van der Waals surface area contributed by atoms with Crippen molar-refractivity contribution in [2.24, 2.45) is 0 Å². The first kappa shape index (κ1) is 22.4. The monoisotopic (exact) mass is 488 g/mol. The first-order valence-electron chi connectivity index (χ1n) is 13.1. The molecule has 7 aromatic rings. The Morgan fingerprint density at radius 3 is 1.24 bits per heavy atom. The molecular formula is C36H28N2. The molecule has 0 unspecified atom stereocenters. The van der Waals surface area contributed by atoms with E-state index in [1.807, 2.05) is 12.2 Å². The third-order valence-electron chi connectivity index (χ3n) is 7.66. The van der Waals surface area contributed by atoms with Crippen LogP contribution in [0.25, 0.3) is 65.9 Å². The molecule has 5 aromatic carbocycles. The highest BCUT2D eigenvalue weighted by Crippen LogP contribution is 2.50. The van der Waals surface area contributed by atoms with Gasteiger partial charge >= 0.3 is 0 Å². The van der Waals surface area contributed by atoms with E-state index in [0.717, 1.165) is 13.1 Å². The van der Waals surface area contributed by atoms with Crippen molar-refractivity contribution in [3.8, 4) is 22.3 Å². The molecule has 0 bridgehead atoms. The van der Waals surface area contributed by atoms with Crippen LogP contribution in [0.3, 0.4) is 0 Å². The van der Waals surface area contributed by atoms with E-state index in [9.17, 15) is 0 Å². The summed E-state index contributed by atoms with van der Waals surface area (Å²) < 4.78 is 4.90. The number of aromatic nitrogens is 2. The molecule has 0 saturated carbocycles. The minimum absolute atomic E-state index is 0.731. The number of hydrogen-bond donors (Lipinski definition) is 0. The van der Waals surface area contributed by atoms with E-state index in [1.54, 1.807) is 0 Å². The number of hydrogen-bond acceptors (Lipinski definition) is 0. The molecule has 0 fully saturated rings. The van der Waals surface area contributed by atoms with Gasteiger partial charge in [0.15, 0.2) is 0 Å². The highest BCUT2D eigenvalue weighted by Gasteiger charge is 2.27. The summed E-state index contributed by atoms with van der Waals surface area (Å²) in [6, 6.07) is 39.3. The molecule has 0 saturated heterocycles. The average Bonchev–Trinajstić information content (AvgIpc) is 3.47. The van der Waals surface area contributed by atoms with Crippen molar-refractivity contribution in [2.75, 3.05) is 0 Å². The lowest BCUT2D eigenvalue weighted by atomic mass is 9.90. The van der Waals surface area contributed by atoms with Gasteiger partial charge in [0.25, 0.3) is 0 Å². The van der Waals surface area contributed by atoms with Crippen molar-refractivity contribution in [3.05, 3.63) is 135 Å². The fraction of sp³-hybridized carbons (Fsp3) is 0.0556. The zero-order valence-electron chi connectivity index (χ0n) is 21.3. The molecule has 182 valence electrons. The summed E-state index contributed by atoms with van der Waals surface area (Å²) in [6.45, 7) is 9.74. The first-order valence-corrected chi connectivity index (χ1v) is 13.1. The number of allylic oxidation sites excluding steroid dienone is 2. The molecule has 0 radical (unpaired) electrons. The Labute approximate surface area is 222 Å². The molecule has 0 aliphatic heterocycles. The van der Waals surface area contributed by atoms with Crippen LogP contribution in [0.1, 0.15) is 0 Å². The van der Waals surface area contributed by atoms with Gasteiger partial charge in [-0.15, -0.1) is 13.2 Å². The number of para-hydroxylation sites is 2. The second-order valence-corrected chi connectivity index (χ2v) is 9.76. The SMILES string of the molecule is C=CCn1c2ccccc2c2c(-c3ccccc3)c3c(c(-c4ccccc4)c21)c1ccccc1n3CC=C. The smallest absolute Gasteiger partial charge is 0.0588 e. The lowest BCUT2D eigenvalue weighted by Gasteiger charge is -2.17. The molecule has 2 heteroatoms. The average molecular weight is 489 g/mol. The fourth-order valence-corrected chi connectivity index (χ4v) is 6.28. The van der Waals surface area contributed by atoms with Gasteiger partial charge in [-0.2, -0.15) is 0 Å². The molecule has 2 aromatic heterocycles. The van der Waals surface area contributed by atoms with Crippen LogP contribution < -0.4 is 0 Å². The Morgan fingerprint density at radius 2 is 0.842 bits per heavy atom. The normalized spacial score (nSPS) is 11.6. The lowest BCUT2D eigenvalue weighted by Crippen LogP contribution is -2.00. The molecule has 2 heterocycles. The quantitative estimate of drug-likeness (QED) is 0.206. The molecule has 0 spiro atoms. The Morgan fingerprint density at radius 1 is 0.474 bits per heavy atom. The van der Waals surface area contributed by atoms with Gasteiger partial charge < -0.3 is 9.13 Å². The van der Waals surface area contributed by atoms with Gasteiger partial charge in [-0.25, -0.2) is 0 Å². The summed E-state index contributed by atoms with van der Waals surface area (Å²) in [6.07, 6.45) is 4.02. The van der Waals surface area contributed by atoms with Crippen molar-refractivity contribution in [1.29, 1.82) is 0 Å². The second-order valence-electron chi connectivity index (χ2n) is 9.76. The number of nitrogens with zero attached hydrogens (tertiary/aromatic N) is 2. The van der Waals surface area contributed by atoms with Crippen LogP contribution in [-0.4, -0.2) is 9.13 Å². The van der Waals surface area contributed by atoms with Crippen LogP contribution in [0.5, 0.6) is 0 Å². The molecule has 0 atom stereocenters. The maximum atomic E-state index is 4.14. The summed E-state index contributed by atoms with van der Waals surface area (Å²) >= 11 is 0. The van der Waals surface area contributed by atoms with Crippen LogP contribution in [0.4, 0.5) is 0 Å². The number of fused-ring (bicyclic) bond motifs is 6. The van der Waals surface area contributed by atoms with Crippen molar-refractivity contribution >= 4 is 43.6 Å². The predicted molar refractivity (Wildman–Crippen MR) is 164 cm³/mol. The molecule has 7 rings (SSSR count). The van der Waals surface area contributed by atoms with Crippen molar-refractivity contribution in [3.63, 3.8) is 0 Å². The van der Waals surface area contributed by atoms with Gasteiger partial charge in [0.2, 0.25) is 0 Å². The maximum Gasteiger partial charge on any atom is 0.0588 e. The highest BCUT2D eigenvalue weighted by molar-refractivity contribution is 6.32. The van der Waals surface area contributed by atoms with E-state index < -0.39 is 0 Å². The van der Waals surface area contributed by atoms with E-state index in [-0.39, 0.29) is 0 Å². The Bertz CT molecular complexity index is 1840. The largest absolute Gasteiger partial charge is 0.336 e. The van der Waals surface area contributed by atoms with Crippen LogP contribution in [0, 0.1) is 0 Å². The third kappa shape index (κ3) is 3.13. The Balaban J connectivity index is 1.90. The molecule has 2 nitrogen and oxygen atoms in total. The summed E-state index contributed by atoms with van der Waals surface area (Å²) in [5.74, 6) is 0. The molecule has 0 aliphatic rings. The number of rotatable bonds is 6. The summed E-state index contributed by atoms with van der Waals surface area (Å²) in [5.41, 5.74) is 9.94. The highest BCUT2D eigenvalue weighted by atomic mass is 15.0. The van der Waals surface area contributed by atoms with Gasteiger partial charge in [0.1, 0.15) is 0 Å². The van der Waals surface area contributed by atoms with Gasteiger partial charge in [-0.05, 0) is 23.3 Å². The van der Waals surface area contributed by atoms with Crippen molar-refractivity contribution in [2.45, 2.75) is 13.1 Å². The van der Waals surface area contributed by atoms with Crippen LogP contribution in [0.2, 0.25) is 0 Å². The Kier molecular flexibility index (Phi) is 5.26. The summed E-state index contributed by atoms with van der Waals surface area (Å²) in [7, 11) is 0. The minimum Gasteiger partial charge on any atom is -0.336 e. The fourth-order valence-electron chi connectivity index (χ4n) is 6.28. The first-order chi connectivity index (χ1) is 18.8. The van der Waals surface area contributed by atoms with Crippen molar-refractivity contribution < 1.29 is 0 Å². The Hall–Kier alpha value is -4.82. The van der Waals surface area contributed by atoms with Crippen LogP contribution in [0.15, 0.2) is 135 Å². The minimum atomic E-state index is 0.731. The topological polar surface area (TPSA) is 9.86 Å². The summed E-state index contributed by atoms with van der Waals surface area (Å²) in [5, 5.41) is 5.09. The zero-order chi connectivity index (χ0) is 25.6. The molecule has 38 heavy (non-hydrogen) atoms. The van der Waals surface area contributed by atoms with Gasteiger partial charge in [-0.3, -0.25) is 0 Å². The van der Waals surface area contributed by atoms with Gasteiger partial charge in [0.05, 0.1) is 11.0 Å². The lowest BCUT2D eigenvalue weighted by molar-refractivity contribution is 0.899. The predicted octanol–water partition coefficient (Wildman–Crippen LogP) is 9.61. The molecule has 0 amide bonds. The van der Waals surface area contributed by atoms with E-state index in [2.05, 4.69) is 131 Å². The van der Waals surface area contributed by atoms with E-state index in [4.69, 9.17) is 0 Å². The van der Waals surface area contributed by atoms with Crippen molar-refractivity contribution in [1.82, 2.24) is 9.13 Å². The number of benzene rings is 5. The molecular weight excluding hydrogens is 460 g/mol. The molecule has 0 aliphatic carbocycles. The van der Waals surface area contributed by atoms with E-state index >= 15 is 0 Å². The molecule has 0 N–H and O–H groups in total. The standard InChI is InChI=1S/C36H28N2/c1-3-23-37-29-21-13-11-19-27(29)33-32(26-17-9-6-10-18-26)36-34(31(35(33)37)25-15-7-5-8-16-25)28-20-12-14-22-30(28)38(36)24-4-2/h3-22H,1-2,23-24H2.